The van der Waals surface area contributed by atoms with Crippen LogP contribution in [0.15, 0.2) is 23.1 Å². The fourth-order valence-electron chi connectivity index (χ4n) is 3.24. The number of nitrogens with zero attached hydrogens (tertiary/aromatic N) is 2. The Balaban J connectivity index is 1.91. The van der Waals surface area contributed by atoms with Gasteiger partial charge in [-0.2, -0.15) is 0 Å². The predicted molar refractivity (Wildman–Crippen MR) is 103 cm³/mol. The first-order valence-electron chi connectivity index (χ1n) is 8.88. The number of thioether (sulfide) groups is 1. The number of benzene rings is 1. The molecule has 9 nitrogen and oxygen atoms in total. The molecule has 2 atom stereocenters. The van der Waals surface area contributed by atoms with E-state index in [0.29, 0.717) is 0 Å². The van der Waals surface area contributed by atoms with E-state index in [2.05, 4.69) is 0 Å². The standard InChI is InChI=1S/C18H23N3O6S/c1-11-4-3-5-12(2)20(11)16(22)9-27-17(23)10-28-15-7-6-13(18(19)24)8-14(15)21(25)26/h6-8,11-12H,3-5,9-10H2,1-2H3,(H2,19,24)/t11-,12+. The Morgan fingerprint density at radius 1 is 1.29 bits per heavy atom. The fourth-order valence-corrected chi connectivity index (χ4v) is 4.05. The Morgan fingerprint density at radius 2 is 1.93 bits per heavy atom. The Morgan fingerprint density at radius 3 is 2.50 bits per heavy atom. The lowest BCUT2D eigenvalue weighted by Gasteiger charge is -2.38. The molecule has 2 N–H and O–H groups in total. The quantitative estimate of drug-likeness (QED) is 0.315. The molecule has 1 saturated heterocycles. The van der Waals surface area contributed by atoms with E-state index in [0.717, 1.165) is 37.1 Å². The number of nitrogens with two attached hydrogens (primary N) is 1. The minimum absolute atomic E-state index is 0.00833. The van der Waals surface area contributed by atoms with Crippen LogP contribution in [0.4, 0.5) is 5.69 Å². The zero-order valence-corrected chi connectivity index (χ0v) is 16.6. The molecular weight excluding hydrogens is 386 g/mol. The van der Waals surface area contributed by atoms with E-state index >= 15 is 0 Å². The van der Waals surface area contributed by atoms with Gasteiger partial charge in [0.05, 0.1) is 15.6 Å². The molecule has 2 amide bonds. The maximum Gasteiger partial charge on any atom is 0.316 e. The van der Waals surface area contributed by atoms with Gasteiger partial charge in [-0.1, -0.05) is 0 Å². The number of amides is 2. The number of nitro groups is 1. The third kappa shape index (κ3) is 5.44. The van der Waals surface area contributed by atoms with Gasteiger partial charge < -0.3 is 15.4 Å². The zero-order valence-electron chi connectivity index (χ0n) is 15.8. The second-order valence-corrected chi connectivity index (χ2v) is 7.70. The number of esters is 1. The molecular formula is C18H23N3O6S. The van der Waals surface area contributed by atoms with E-state index in [-0.39, 0.29) is 46.5 Å². The van der Waals surface area contributed by atoms with Crippen LogP contribution in [0, 0.1) is 10.1 Å². The molecule has 1 fully saturated rings. The predicted octanol–water partition coefficient (Wildman–Crippen LogP) is 2.12. The lowest BCUT2D eigenvalue weighted by molar-refractivity contribution is -0.387. The molecule has 1 aliphatic heterocycles. The molecule has 1 heterocycles. The maximum atomic E-state index is 12.4. The molecule has 1 aromatic rings. The smallest absolute Gasteiger partial charge is 0.316 e. The van der Waals surface area contributed by atoms with Crippen LogP contribution in [0.25, 0.3) is 0 Å². The number of piperidine rings is 1. The average molecular weight is 409 g/mol. The number of carbonyl (C=O) groups is 3. The number of nitro benzene ring substituents is 1. The highest BCUT2D eigenvalue weighted by molar-refractivity contribution is 8.00. The van der Waals surface area contributed by atoms with Crippen molar-refractivity contribution in [2.24, 2.45) is 5.73 Å². The summed E-state index contributed by atoms with van der Waals surface area (Å²) in [6.07, 6.45) is 2.91. The average Bonchev–Trinajstić information content (AvgIpc) is 2.64. The molecule has 0 saturated carbocycles. The van der Waals surface area contributed by atoms with E-state index in [1.807, 2.05) is 13.8 Å². The van der Waals surface area contributed by atoms with Gasteiger partial charge in [0.15, 0.2) is 6.61 Å². The van der Waals surface area contributed by atoms with Gasteiger partial charge in [-0.15, -0.1) is 11.8 Å². The van der Waals surface area contributed by atoms with Crippen molar-refractivity contribution < 1.29 is 24.0 Å². The first-order valence-corrected chi connectivity index (χ1v) is 9.87. The van der Waals surface area contributed by atoms with Gasteiger partial charge in [0.25, 0.3) is 11.6 Å². The lowest BCUT2D eigenvalue weighted by atomic mass is 9.97. The van der Waals surface area contributed by atoms with Crippen molar-refractivity contribution >= 4 is 35.2 Å². The third-order valence-electron chi connectivity index (χ3n) is 4.62. The second-order valence-electron chi connectivity index (χ2n) is 6.68. The van der Waals surface area contributed by atoms with Crippen molar-refractivity contribution in [2.45, 2.75) is 50.1 Å². The zero-order chi connectivity index (χ0) is 20.8. The van der Waals surface area contributed by atoms with Crippen LogP contribution >= 0.6 is 11.8 Å². The highest BCUT2D eigenvalue weighted by Gasteiger charge is 2.29. The molecule has 10 heteroatoms. The summed E-state index contributed by atoms with van der Waals surface area (Å²) in [7, 11) is 0. The highest BCUT2D eigenvalue weighted by Crippen LogP contribution is 2.30. The maximum absolute atomic E-state index is 12.4. The lowest BCUT2D eigenvalue weighted by Crippen LogP contribution is -2.49. The Kier molecular flexibility index (Phi) is 7.38. The minimum atomic E-state index is -0.779. The van der Waals surface area contributed by atoms with Gasteiger partial charge in [-0.3, -0.25) is 24.5 Å². The van der Waals surface area contributed by atoms with E-state index in [1.54, 1.807) is 4.90 Å². The minimum Gasteiger partial charge on any atom is -0.455 e. The van der Waals surface area contributed by atoms with Crippen molar-refractivity contribution in [3.05, 3.63) is 33.9 Å². The van der Waals surface area contributed by atoms with Crippen LogP contribution in [0.5, 0.6) is 0 Å². The number of likely N-dealkylation sites (tertiary alicyclic amines) is 1. The molecule has 0 aliphatic carbocycles. The monoisotopic (exact) mass is 409 g/mol. The summed E-state index contributed by atoms with van der Waals surface area (Å²) in [4.78, 5) is 47.9. The molecule has 152 valence electrons. The fraction of sp³-hybridized carbons (Fsp3) is 0.500. The molecule has 0 bridgehead atoms. The van der Waals surface area contributed by atoms with E-state index < -0.39 is 16.8 Å². The van der Waals surface area contributed by atoms with Gasteiger partial charge in [0, 0.05) is 23.7 Å². The normalized spacial score (nSPS) is 19.1. The summed E-state index contributed by atoms with van der Waals surface area (Å²) in [5.41, 5.74) is 4.82. The summed E-state index contributed by atoms with van der Waals surface area (Å²) in [6, 6.07) is 3.99. The molecule has 0 spiro atoms. The highest BCUT2D eigenvalue weighted by atomic mass is 32.2. The molecule has 0 unspecified atom stereocenters. The summed E-state index contributed by atoms with van der Waals surface area (Å²) in [6.45, 7) is 3.59. The number of carbonyl (C=O) groups excluding carboxylic acids is 3. The summed E-state index contributed by atoms with van der Waals surface area (Å²) < 4.78 is 5.04. The van der Waals surface area contributed by atoms with E-state index in [9.17, 15) is 24.5 Å². The van der Waals surface area contributed by atoms with Crippen molar-refractivity contribution in [3.63, 3.8) is 0 Å². The molecule has 0 aromatic heterocycles. The Hall–Kier alpha value is -2.62. The van der Waals surface area contributed by atoms with Crippen molar-refractivity contribution in [1.29, 1.82) is 0 Å². The largest absolute Gasteiger partial charge is 0.455 e. The summed E-state index contributed by atoms with van der Waals surface area (Å²) in [5, 5.41) is 11.2. The number of ether oxygens (including phenoxy) is 1. The number of hydrogen-bond donors (Lipinski definition) is 1. The van der Waals surface area contributed by atoms with Crippen LogP contribution in [0.2, 0.25) is 0 Å². The molecule has 1 aliphatic rings. The van der Waals surface area contributed by atoms with Gasteiger partial charge >= 0.3 is 5.97 Å². The van der Waals surface area contributed by atoms with Crippen molar-refractivity contribution in [1.82, 2.24) is 4.90 Å². The number of primary amides is 1. The molecule has 1 aromatic carbocycles. The summed E-state index contributed by atoms with van der Waals surface area (Å²) >= 11 is 0.899. The van der Waals surface area contributed by atoms with Crippen LogP contribution in [-0.4, -0.2) is 52.1 Å². The van der Waals surface area contributed by atoms with Gasteiger partial charge in [-0.05, 0) is 45.2 Å². The Labute approximate surface area is 166 Å². The third-order valence-corrected chi connectivity index (χ3v) is 5.66. The number of rotatable bonds is 7. The topological polar surface area (TPSA) is 133 Å². The van der Waals surface area contributed by atoms with E-state index in [4.69, 9.17) is 10.5 Å². The molecule has 0 radical (unpaired) electrons. The van der Waals surface area contributed by atoms with Crippen LogP contribution < -0.4 is 5.73 Å². The van der Waals surface area contributed by atoms with Gasteiger partial charge in [-0.25, -0.2) is 0 Å². The van der Waals surface area contributed by atoms with Crippen LogP contribution in [0.3, 0.4) is 0 Å². The SMILES string of the molecule is C[C@@H]1CCC[C@H](C)N1C(=O)COC(=O)CSc1ccc(C(N)=O)cc1[N+](=O)[O-]. The first-order chi connectivity index (χ1) is 13.2. The number of hydrogen-bond acceptors (Lipinski definition) is 7. The first kappa shape index (κ1) is 21.7. The van der Waals surface area contributed by atoms with Gasteiger partial charge in [0.2, 0.25) is 5.91 Å². The van der Waals surface area contributed by atoms with E-state index in [1.165, 1.54) is 12.1 Å². The molecule has 2 rings (SSSR count). The van der Waals surface area contributed by atoms with Crippen LogP contribution in [-0.2, 0) is 14.3 Å². The van der Waals surface area contributed by atoms with Crippen molar-refractivity contribution in [2.75, 3.05) is 12.4 Å². The summed E-state index contributed by atoms with van der Waals surface area (Å²) in [5.74, 6) is -1.87. The second kappa shape index (κ2) is 9.54. The van der Waals surface area contributed by atoms with Crippen molar-refractivity contribution in [3.8, 4) is 0 Å². The molecule has 28 heavy (non-hydrogen) atoms. The van der Waals surface area contributed by atoms with Gasteiger partial charge in [0.1, 0.15) is 0 Å². The van der Waals surface area contributed by atoms with Crippen LogP contribution in [0.1, 0.15) is 43.5 Å². The Bertz CT molecular complexity index is 775.